The SMILES string of the molecule is COCCNCCNC(=O)c1cc(-c2ccco2)[nH]n1.Cl. The third-order valence-corrected chi connectivity index (χ3v) is 2.67. The van der Waals surface area contributed by atoms with Crippen molar-refractivity contribution in [2.75, 3.05) is 33.4 Å². The van der Waals surface area contributed by atoms with Gasteiger partial charge in [0.1, 0.15) is 5.69 Å². The van der Waals surface area contributed by atoms with Crippen molar-refractivity contribution in [2.45, 2.75) is 0 Å². The lowest BCUT2D eigenvalue weighted by Gasteiger charge is -2.04. The molecule has 1 amide bonds. The van der Waals surface area contributed by atoms with Crippen LogP contribution in [0.4, 0.5) is 0 Å². The number of aromatic amines is 1. The molecule has 0 bridgehead atoms. The summed E-state index contributed by atoms with van der Waals surface area (Å²) in [7, 11) is 1.65. The average Bonchev–Trinajstić information content (AvgIpc) is 3.12. The van der Waals surface area contributed by atoms with Gasteiger partial charge in [0, 0.05) is 32.8 Å². The Morgan fingerprint density at radius 1 is 1.43 bits per heavy atom. The van der Waals surface area contributed by atoms with Gasteiger partial charge in [0.2, 0.25) is 0 Å². The van der Waals surface area contributed by atoms with Gasteiger partial charge in [0.15, 0.2) is 11.5 Å². The molecule has 2 aromatic heterocycles. The number of rotatable bonds is 8. The first-order valence-corrected chi connectivity index (χ1v) is 6.38. The first-order chi connectivity index (χ1) is 9.81. The summed E-state index contributed by atoms with van der Waals surface area (Å²) < 4.78 is 10.1. The molecular formula is C13H19ClN4O3. The number of nitrogens with zero attached hydrogens (tertiary/aromatic N) is 1. The standard InChI is InChI=1S/C13H18N4O3.ClH/c1-19-8-6-14-4-5-15-13(18)11-9-10(16-17-11)12-3-2-7-20-12;/h2-3,7,9,14H,4-6,8H2,1H3,(H,15,18)(H,16,17);1H. The second-order valence-corrected chi connectivity index (χ2v) is 4.14. The van der Waals surface area contributed by atoms with E-state index in [1.807, 2.05) is 0 Å². The molecule has 2 heterocycles. The molecule has 0 spiro atoms. The number of carbonyl (C=O) groups is 1. The van der Waals surface area contributed by atoms with Crippen molar-refractivity contribution in [3.8, 4) is 11.5 Å². The van der Waals surface area contributed by atoms with Crippen LogP contribution in [0.3, 0.4) is 0 Å². The number of amides is 1. The number of nitrogens with one attached hydrogen (secondary N) is 3. The van der Waals surface area contributed by atoms with Crippen LogP contribution in [-0.2, 0) is 4.74 Å². The fourth-order valence-electron chi connectivity index (χ4n) is 1.65. The van der Waals surface area contributed by atoms with Gasteiger partial charge >= 0.3 is 0 Å². The summed E-state index contributed by atoms with van der Waals surface area (Å²) in [5.41, 5.74) is 1.02. The Morgan fingerprint density at radius 3 is 3.00 bits per heavy atom. The van der Waals surface area contributed by atoms with Crippen LogP contribution in [0.25, 0.3) is 11.5 Å². The molecule has 7 nitrogen and oxygen atoms in total. The van der Waals surface area contributed by atoms with Crippen LogP contribution in [0.2, 0.25) is 0 Å². The summed E-state index contributed by atoms with van der Waals surface area (Å²) in [4.78, 5) is 11.8. The third-order valence-electron chi connectivity index (χ3n) is 2.67. The van der Waals surface area contributed by atoms with Crippen molar-refractivity contribution in [3.63, 3.8) is 0 Å². The minimum absolute atomic E-state index is 0. The zero-order valence-corrected chi connectivity index (χ0v) is 12.5. The molecule has 116 valence electrons. The highest BCUT2D eigenvalue weighted by atomic mass is 35.5. The van der Waals surface area contributed by atoms with E-state index < -0.39 is 0 Å². The predicted molar refractivity (Wildman–Crippen MR) is 80.6 cm³/mol. The maximum atomic E-state index is 11.8. The van der Waals surface area contributed by atoms with Crippen molar-refractivity contribution in [1.29, 1.82) is 0 Å². The molecule has 0 aliphatic carbocycles. The number of ether oxygens (including phenoxy) is 1. The molecule has 21 heavy (non-hydrogen) atoms. The molecule has 0 aliphatic rings. The quantitative estimate of drug-likeness (QED) is 0.634. The van der Waals surface area contributed by atoms with Gasteiger partial charge in [-0.25, -0.2) is 0 Å². The molecule has 0 fully saturated rings. The van der Waals surface area contributed by atoms with Gasteiger partial charge in [-0.15, -0.1) is 12.4 Å². The van der Waals surface area contributed by atoms with Crippen molar-refractivity contribution < 1.29 is 13.9 Å². The number of hydrogen-bond donors (Lipinski definition) is 3. The minimum Gasteiger partial charge on any atom is -0.463 e. The summed E-state index contributed by atoms with van der Waals surface area (Å²) in [6.45, 7) is 2.63. The highest BCUT2D eigenvalue weighted by molar-refractivity contribution is 5.93. The largest absolute Gasteiger partial charge is 0.463 e. The normalized spacial score (nSPS) is 10.1. The average molecular weight is 315 g/mol. The van der Waals surface area contributed by atoms with Crippen LogP contribution in [0, 0.1) is 0 Å². The third kappa shape index (κ3) is 5.22. The second-order valence-electron chi connectivity index (χ2n) is 4.14. The number of hydrogen-bond acceptors (Lipinski definition) is 5. The van der Waals surface area contributed by atoms with E-state index in [1.165, 1.54) is 0 Å². The first kappa shape index (κ1) is 17.2. The lowest BCUT2D eigenvalue weighted by molar-refractivity contribution is 0.0948. The van der Waals surface area contributed by atoms with E-state index >= 15 is 0 Å². The Morgan fingerprint density at radius 2 is 2.29 bits per heavy atom. The van der Waals surface area contributed by atoms with Gasteiger partial charge in [0.05, 0.1) is 12.9 Å². The number of halogens is 1. The predicted octanol–water partition coefficient (Wildman–Crippen LogP) is 1.06. The number of furan rings is 1. The molecule has 0 saturated carbocycles. The van der Waals surface area contributed by atoms with Crippen molar-refractivity contribution in [3.05, 3.63) is 30.2 Å². The first-order valence-electron chi connectivity index (χ1n) is 6.38. The maximum Gasteiger partial charge on any atom is 0.271 e. The fourth-order valence-corrected chi connectivity index (χ4v) is 1.65. The number of aromatic nitrogens is 2. The van der Waals surface area contributed by atoms with Gasteiger partial charge in [-0.2, -0.15) is 5.10 Å². The van der Waals surface area contributed by atoms with Crippen molar-refractivity contribution in [2.24, 2.45) is 0 Å². The molecule has 8 heteroatoms. The molecule has 0 radical (unpaired) electrons. The Labute approximate surface area is 128 Å². The molecule has 0 saturated heterocycles. The van der Waals surface area contributed by atoms with Crippen molar-refractivity contribution >= 4 is 18.3 Å². The number of H-pyrrole nitrogens is 1. The second kappa shape index (κ2) is 9.17. The van der Waals surface area contributed by atoms with Gasteiger partial charge in [-0.3, -0.25) is 9.89 Å². The topological polar surface area (TPSA) is 92.2 Å². The van der Waals surface area contributed by atoms with Crippen LogP contribution >= 0.6 is 12.4 Å². The van der Waals surface area contributed by atoms with Crippen LogP contribution < -0.4 is 10.6 Å². The number of carbonyl (C=O) groups excluding carboxylic acids is 1. The zero-order chi connectivity index (χ0) is 14.2. The van der Waals surface area contributed by atoms with E-state index in [4.69, 9.17) is 9.15 Å². The molecule has 0 aromatic carbocycles. The summed E-state index contributed by atoms with van der Waals surface area (Å²) in [6.07, 6.45) is 1.57. The minimum atomic E-state index is -0.215. The lowest BCUT2D eigenvalue weighted by Crippen LogP contribution is -2.33. The molecule has 0 aliphatic heterocycles. The molecule has 0 unspecified atom stereocenters. The molecule has 3 N–H and O–H groups in total. The van der Waals surface area contributed by atoms with Crippen LogP contribution in [-0.4, -0.2) is 49.5 Å². The lowest BCUT2D eigenvalue weighted by atomic mass is 10.3. The van der Waals surface area contributed by atoms with Crippen LogP contribution in [0.15, 0.2) is 28.9 Å². The summed E-state index contributed by atoms with van der Waals surface area (Å²) in [6, 6.07) is 5.24. The highest BCUT2D eigenvalue weighted by Gasteiger charge is 2.11. The monoisotopic (exact) mass is 314 g/mol. The van der Waals surface area contributed by atoms with Crippen LogP contribution in [0.1, 0.15) is 10.5 Å². The maximum absolute atomic E-state index is 11.8. The molecule has 2 aromatic rings. The van der Waals surface area contributed by atoms with E-state index in [0.717, 1.165) is 6.54 Å². The Hall–Kier alpha value is -1.83. The van der Waals surface area contributed by atoms with E-state index in [9.17, 15) is 4.79 Å². The van der Waals surface area contributed by atoms with E-state index in [2.05, 4.69) is 20.8 Å². The van der Waals surface area contributed by atoms with Gasteiger partial charge in [-0.05, 0) is 12.1 Å². The Kier molecular flexibility index (Phi) is 7.52. The zero-order valence-electron chi connectivity index (χ0n) is 11.7. The van der Waals surface area contributed by atoms with Gasteiger partial charge < -0.3 is 19.8 Å². The van der Waals surface area contributed by atoms with Crippen LogP contribution in [0.5, 0.6) is 0 Å². The number of methoxy groups -OCH3 is 1. The van der Waals surface area contributed by atoms with Gasteiger partial charge in [0.25, 0.3) is 5.91 Å². The van der Waals surface area contributed by atoms with E-state index in [1.54, 1.807) is 31.6 Å². The van der Waals surface area contributed by atoms with E-state index in [-0.39, 0.29) is 18.3 Å². The summed E-state index contributed by atoms with van der Waals surface area (Å²) in [5, 5.41) is 12.7. The molecular weight excluding hydrogens is 296 g/mol. The van der Waals surface area contributed by atoms with E-state index in [0.29, 0.717) is 36.8 Å². The Balaban J connectivity index is 0.00000220. The summed E-state index contributed by atoms with van der Waals surface area (Å²) in [5.74, 6) is 0.436. The highest BCUT2D eigenvalue weighted by Crippen LogP contribution is 2.17. The fraction of sp³-hybridized carbons (Fsp3) is 0.385. The van der Waals surface area contributed by atoms with Gasteiger partial charge in [-0.1, -0.05) is 0 Å². The Bertz CT molecular complexity index is 527. The molecule has 0 atom stereocenters. The smallest absolute Gasteiger partial charge is 0.271 e. The molecule has 2 rings (SSSR count). The van der Waals surface area contributed by atoms with Crippen molar-refractivity contribution in [1.82, 2.24) is 20.8 Å². The summed E-state index contributed by atoms with van der Waals surface area (Å²) >= 11 is 0.